The van der Waals surface area contributed by atoms with Crippen molar-refractivity contribution in [3.05, 3.63) is 0 Å². The summed E-state index contributed by atoms with van der Waals surface area (Å²) < 4.78 is 5.30. The summed E-state index contributed by atoms with van der Waals surface area (Å²) in [6.07, 6.45) is 7.35. The molecule has 0 aromatic carbocycles. The third-order valence-electron chi connectivity index (χ3n) is 1.71. The van der Waals surface area contributed by atoms with Gasteiger partial charge in [-0.1, -0.05) is 23.2 Å². The topological polar surface area (TPSA) is 9.23 Å². The van der Waals surface area contributed by atoms with Crippen molar-refractivity contribution in [1.29, 1.82) is 0 Å². The zero-order valence-corrected chi connectivity index (χ0v) is 8.98. The highest BCUT2D eigenvalue weighted by Crippen LogP contribution is 2.63. The summed E-state index contributed by atoms with van der Waals surface area (Å²) in [4.78, 5) is 0. The fourth-order valence-corrected chi connectivity index (χ4v) is 6.40. The second-order valence-corrected chi connectivity index (χ2v) is 10.1. The molecule has 1 saturated heterocycles. The molecule has 1 heterocycles. The molecular formula is C7H11OPS2. The van der Waals surface area contributed by atoms with Gasteiger partial charge in [-0.3, -0.25) is 0 Å². The van der Waals surface area contributed by atoms with Gasteiger partial charge in [0.2, 0.25) is 0 Å². The lowest BCUT2D eigenvalue weighted by atomic mass is 10.1. The van der Waals surface area contributed by atoms with E-state index in [0.717, 1.165) is 18.3 Å². The van der Waals surface area contributed by atoms with Crippen molar-refractivity contribution in [3.8, 4) is 12.3 Å². The molecule has 1 nitrogen and oxygen atoms in total. The Balaban J connectivity index is 2.61. The summed E-state index contributed by atoms with van der Waals surface area (Å²) in [5.41, 5.74) is -1.56. The van der Waals surface area contributed by atoms with Gasteiger partial charge in [0.05, 0.1) is 0 Å². The minimum Gasteiger partial charge on any atom is -0.345 e. The number of rotatable bonds is 1. The molecule has 1 fully saturated rings. The Morgan fingerprint density at radius 3 is 3.09 bits per heavy atom. The lowest BCUT2D eigenvalue weighted by Gasteiger charge is -2.27. The summed E-state index contributed by atoms with van der Waals surface area (Å²) in [5, 5.41) is 0. The Hall–Kier alpha value is 0.520. The second-order valence-electron chi connectivity index (χ2n) is 2.46. The van der Waals surface area contributed by atoms with E-state index in [1.54, 1.807) is 18.5 Å². The zero-order valence-electron chi connectivity index (χ0n) is 6.45. The highest BCUT2D eigenvalue weighted by Gasteiger charge is 2.26. The molecule has 1 rings (SSSR count). The molecule has 0 aromatic rings. The van der Waals surface area contributed by atoms with Gasteiger partial charge in [0.15, 0.2) is 0 Å². The van der Waals surface area contributed by atoms with Gasteiger partial charge in [0.25, 0.3) is 0 Å². The highest BCUT2D eigenvalue weighted by molar-refractivity contribution is 8.69. The van der Waals surface area contributed by atoms with Gasteiger partial charge in [-0.2, -0.15) is 0 Å². The van der Waals surface area contributed by atoms with Crippen LogP contribution >= 0.6 is 16.8 Å². The molecule has 1 aliphatic heterocycles. The largest absolute Gasteiger partial charge is 0.345 e. The minimum atomic E-state index is -1.56. The standard InChI is InChI=1S/C7H11OPS2/c1-3-7-4-5-11-9(10,6-7)8-2/h1,7H,4-6H2,2H3. The maximum Gasteiger partial charge on any atom is 0.120 e. The molecule has 62 valence electrons. The molecule has 0 spiro atoms. The van der Waals surface area contributed by atoms with Crippen LogP contribution in [-0.4, -0.2) is 19.0 Å². The fraction of sp³-hybridized carbons (Fsp3) is 0.714. The summed E-state index contributed by atoms with van der Waals surface area (Å²) in [6.45, 7) is 0. The van der Waals surface area contributed by atoms with Crippen LogP contribution in [-0.2, 0) is 16.3 Å². The number of hydrogen-bond donors (Lipinski definition) is 0. The van der Waals surface area contributed by atoms with Crippen LogP contribution in [0.25, 0.3) is 0 Å². The van der Waals surface area contributed by atoms with Gasteiger partial charge < -0.3 is 4.52 Å². The van der Waals surface area contributed by atoms with Gasteiger partial charge in [0.1, 0.15) is 5.47 Å². The van der Waals surface area contributed by atoms with Crippen molar-refractivity contribution in [3.63, 3.8) is 0 Å². The van der Waals surface area contributed by atoms with E-state index in [-0.39, 0.29) is 0 Å². The van der Waals surface area contributed by atoms with Crippen molar-refractivity contribution in [2.24, 2.45) is 5.92 Å². The van der Waals surface area contributed by atoms with E-state index in [2.05, 4.69) is 5.92 Å². The van der Waals surface area contributed by atoms with E-state index in [1.807, 2.05) is 0 Å². The number of terminal acetylenes is 1. The van der Waals surface area contributed by atoms with Gasteiger partial charge in [-0.15, -0.1) is 12.3 Å². The molecule has 0 N–H and O–H groups in total. The van der Waals surface area contributed by atoms with E-state index in [0.29, 0.717) is 5.92 Å². The van der Waals surface area contributed by atoms with Crippen LogP contribution in [0.3, 0.4) is 0 Å². The van der Waals surface area contributed by atoms with Gasteiger partial charge in [0, 0.05) is 24.9 Å². The lowest BCUT2D eigenvalue weighted by Crippen LogP contribution is -2.10. The number of hydrogen-bond acceptors (Lipinski definition) is 3. The fourth-order valence-electron chi connectivity index (χ4n) is 1.01. The predicted octanol–water partition coefficient (Wildman–Crippen LogP) is 2.33. The summed E-state index contributed by atoms with van der Waals surface area (Å²) in [7, 11) is 1.70. The quantitative estimate of drug-likeness (QED) is 0.481. The Labute approximate surface area is 77.1 Å². The normalized spacial score (nSPS) is 38.0. The summed E-state index contributed by atoms with van der Waals surface area (Å²) >= 11 is 7.15. The molecule has 0 amide bonds. The van der Waals surface area contributed by atoms with E-state index in [4.69, 9.17) is 22.8 Å². The van der Waals surface area contributed by atoms with Gasteiger partial charge >= 0.3 is 0 Å². The molecule has 2 atom stereocenters. The Bertz CT molecular complexity index is 221. The first-order chi connectivity index (χ1) is 5.20. The van der Waals surface area contributed by atoms with Crippen LogP contribution in [0.4, 0.5) is 0 Å². The third kappa shape index (κ3) is 2.49. The molecule has 4 heteroatoms. The summed E-state index contributed by atoms with van der Waals surface area (Å²) in [6, 6.07) is 0. The SMILES string of the molecule is C#CC1CCSP(=S)(OC)C1. The molecule has 11 heavy (non-hydrogen) atoms. The molecule has 2 unspecified atom stereocenters. The first kappa shape index (κ1) is 9.61. The highest BCUT2D eigenvalue weighted by atomic mass is 32.9. The van der Waals surface area contributed by atoms with Gasteiger partial charge in [-0.05, 0) is 6.42 Å². The molecule has 1 aliphatic rings. The summed E-state index contributed by atoms with van der Waals surface area (Å²) in [5.74, 6) is 4.19. The van der Waals surface area contributed by atoms with E-state index >= 15 is 0 Å². The van der Waals surface area contributed by atoms with Crippen molar-refractivity contribution < 1.29 is 4.52 Å². The molecule has 0 radical (unpaired) electrons. The molecular weight excluding hydrogens is 195 g/mol. The van der Waals surface area contributed by atoms with Crippen LogP contribution in [0.1, 0.15) is 6.42 Å². The zero-order chi connectivity index (χ0) is 8.32. The molecule has 0 aromatic heterocycles. The maximum atomic E-state index is 5.35. The van der Waals surface area contributed by atoms with Crippen LogP contribution in [0.2, 0.25) is 0 Å². The molecule has 0 aliphatic carbocycles. The Morgan fingerprint density at radius 1 is 1.82 bits per heavy atom. The Morgan fingerprint density at radius 2 is 2.55 bits per heavy atom. The third-order valence-corrected chi connectivity index (χ3v) is 8.43. The molecule has 0 saturated carbocycles. The second kappa shape index (κ2) is 3.96. The van der Waals surface area contributed by atoms with Crippen molar-refractivity contribution in [1.82, 2.24) is 0 Å². The predicted molar refractivity (Wildman–Crippen MR) is 55.6 cm³/mol. The van der Waals surface area contributed by atoms with Crippen molar-refractivity contribution in [2.45, 2.75) is 6.42 Å². The molecule has 0 bridgehead atoms. The Kier molecular flexibility index (Phi) is 3.46. The maximum absolute atomic E-state index is 5.35. The smallest absolute Gasteiger partial charge is 0.120 e. The van der Waals surface area contributed by atoms with Crippen LogP contribution in [0.5, 0.6) is 0 Å². The van der Waals surface area contributed by atoms with Crippen molar-refractivity contribution in [2.75, 3.05) is 19.0 Å². The average Bonchev–Trinajstić information content (AvgIpc) is 2.05. The monoisotopic (exact) mass is 206 g/mol. The van der Waals surface area contributed by atoms with Gasteiger partial charge in [-0.25, -0.2) is 0 Å². The van der Waals surface area contributed by atoms with Crippen LogP contribution < -0.4 is 0 Å². The van der Waals surface area contributed by atoms with E-state index < -0.39 is 5.47 Å². The van der Waals surface area contributed by atoms with Crippen LogP contribution in [0, 0.1) is 18.3 Å². The van der Waals surface area contributed by atoms with Crippen molar-refractivity contribution >= 4 is 28.7 Å². The van der Waals surface area contributed by atoms with E-state index in [9.17, 15) is 0 Å². The minimum absolute atomic E-state index is 0.363. The first-order valence-corrected chi connectivity index (χ1v) is 7.95. The van der Waals surface area contributed by atoms with E-state index in [1.165, 1.54) is 0 Å². The lowest BCUT2D eigenvalue weighted by molar-refractivity contribution is 0.464. The van der Waals surface area contributed by atoms with Crippen LogP contribution in [0.15, 0.2) is 0 Å². The average molecular weight is 206 g/mol. The first-order valence-electron chi connectivity index (χ1n) is 3.45.